The first kappa shape index (κ1) is 21.8. The van der Waals surface area contributed by atoms with E-state index >= 15 is 0 Å². The van der Waals surface area contributed by atoms with E-state index < -0.39 is 29.2 Å². The van der Waals surface area contributed by atoms with Gasteiger partial charge in [-0.1, -0.05) is 12.1 Å². The molecule has 7 nitrogen and oxygen atoms in total. The number of phenols is 1. The molecule has 0 unspecified atom stereocenters. The summed E-state index contributed by atoms with van der Waals surface area (Å²) in [4.78, 5) is 26.3. The first-order chi connectivity index (χ1) is 11.8. The van der Waals surface area contributed by atoms with Gasteiger partial charge in [-0.05, 0) is 53.7 Å². The lowest BCUT2D eigenvalue weighted by Gasteiger charge is -2.29. The molecule has 0 aliphatic rings. The van der Waals surface area contributed by atoms with Crippen LogP contribution in [0.3, 0.4) is 0 Å². The van der Waals surface area contributed by atoms with Crippen molar-refractivity contribution in [1.82, 2.24) is 5.32 Å². The molecule has 0 aliphatic heterocycles. The molecule has 0 aromatic heterocycles. The third-order valence-corrected chi connectivity index (χ3v) is 3.25. The molecule has 0 saturated heterocycles. The summed E-state index contributed by atoms with van der Waals surface area (Å²) in [6.45, 7) is 10.8. The van der Waals surface area contributed by atoms with E-state index in [9.17, 15) is 14.7 Å². The summed E-state index contributed by atoms with van der Waals surface area (Å²) in [5, 5.41) is 12.5. The van der Waals surface area contributed by atoms with E-state index in [0.717, 1.165) is 0 Å². The van der Waals surface area contributed by atoms with Gasteiger partial charge in [-0.25, -0.2) is 4.79 Å². The molecule has 146 valence electrons. The average Bonchev–Trinajstić information content (AvgIpc) is 2.48. The van der Waals surface area contributed by atoms with E-state index in [2.05, 4.69) is 5.32 Å². The number of anilines is 1. The van der Waals surface area contributed by atoms with Gasteiger partial charge in [0, 0.05) is 7.05 Å². The Bertz CT molecular complexity index is 632. The second-order valence-electron chi connectivity index (χ2n) is 8.01. The van der Waals surface area contributed by atoms with E-state index in [0.29, 0.717) is 5.69 Å². The van der Waals surface area contributed by atoms with E-state index in [4.69, 9.17) is 9.47 Å². The van der Waals surface area contributed by atoms with Crippen molar-refractivity contribution in [3.63, 3.8) is 0 Å². The van der Waals surface area contributed by atoms with Gasteiger partial charge in [-0.15, -0.1) is 0 Å². The molecule has 1 atom stereocenters. The number of nitrogens with one attached hydrogen (secondary N) is 1. The van der Waals surface area contributed by atoms with Gasteiger partial charge in [0.15, 0.2) is 0 Å². The van der Waals surface area contributed by atoms with Gasteiger partial charge in [-0.2, -0.15) is 0 Å². The molecule has 0 spiro atoms. The van der Waals surface area contributed by atoms with Gasteiger partial charge in [0.05, 0.1) is 17.9 Å². The third kappa shape index (κ3) is 7.31. The van der Waals surface area contributed by atoms with Crippen LogP contribution in [0, 0.1) is 0 Å². The summed E-state index contributed by atoms with van der Waals surface area (Å²) in [6, 6.07) is 5.51. The van der Waals surface area contributed by atoms with Crippen molar-refractivity contribution in [2.75, 3.05) is 18.6 Å². The van der Waals surface area contributed by atoms with Crippen molar-refractivity contribution >= 4 is 17.7 Å². The molecular formula is C19H30N2O5. The minimum absolute atomic E-state index is 0.0283. The quantitative estimate of drug-likeness (QED) is 0.836. The van der Waals surface area contributed by atoms with Gasteiger partial charge in [-0.3, -0.25) is 4.79 Å². The summed E-state index contributed by atoms with van der Waals surface area (Å²) < 4.78 is 10.9. The Morgan fingerprint density at radius 3 is 2.19 bits per heavy atom. The largest absolute Gasteiger partial charge is 0.506 e. The number of alkyl carbamates (subject to hydrolysis) is 1. The monoisotopic (exact) mass is 366 g/mol. The number of likely N-dealkylation sites (N-methyl/N-ethyl adjacent to an activating group) is 1. The molecule has 0 fully saturated rings. The Morgan fingerprint density at radius 1 is 1.12 bits per heavy atom. The lowest BCUT2D eigenvalue weighted by atomic mass is 10.1. The number of hydrogen-bond acceptors (Lipinski definition) is 5. The standard InChI is InChI=1S/C19H30N2O5/c1-18(2,3)25-12-13(20-17(24)26-19(4,5)6)16(23)21(7)14-10-8-9-11-15(14)22/h8-11,13,22H,12H2,1-7H3,(H,20,24)/t13-/m0/s1. The van der Waals surface area contributed by atoms with Crippen LogP contribution in [0.4, 0.5) is 10.5 Å². The molecule has 0 aliphatic carbocycles. The van der Waals surface area contributed by atoms with Crippen LogP contribution in [0.2, 0.25) is 0 Å². The molecule has 2 amide bonds. The number of nitrogens with zero attached hydrogens (tertiary/aromatic N) is 1. The van der Waals surface area contributed by atoms with Crippen molar-refractivity contribution in [3.8, 4) is 5.75 Å². The van der Waals surface area contributed by atoms with Crippen LogP contribution in [0.5, 0.6) is 5.75 Å². The highest BCUT2D eigenvalue weighted by Crippen LogP contribution is 2.26. The number of aromatic hydroxyl groups is 1. The summed E-state index contributed by atoms with van der Waals surface area (Å²) >= 11 is 0. The first-order valence-electron chi connectivity index (χ1n) is 8.49. The molecule has 0 radical (unpaired) electrons. The lowest BCUT2D eigenvalue weighted by molar-refractivity contribution is -0.123. The molecule has 26 heavy (non-hydrogen) atoms. The number of carbonyl (C=O) groups excluding carboxylic acids is 2. The number of carbonyl (C=O) groups is 2. The SMILES string of the molecule is CN(C(=O)[C@H](COC(C)(C)C)NC(=O)OC(C)(C)C)c1ccccc1O. The molecule has 1 aromatic carbocycles. The van der Waals surface area contributed by atoms with Crippen LogP contribution in [-0.2, 0) is 14.3 Å². The van der Waals surface area contributed by atoms with Gasteiger partial charge in [0.25, 0.3) is 5.91 Å². The van der Waals surface area contributed by atoms with Crippen LogP contribution >= 0.6 is 0 Å². The Hall–Kier alpha value is -2.28. The second-order valence-corrected chi connectivity index (χ2v) is 8.01. The van der Waals surface area contributed by atoms with Crippen LogP contribution in [-0.4, -0.2) is 48.0 Å². The Morgan fingerprint density at radius 2 is 1.69 bits per heavy atom. The van der Waals surface area contributed by atoms with Gasteiger partial charge in [0.1, 0.15) is 17.4 Å². The van der Waals surface area contributed by atoms with Crippen LogP contribution < -0.4 is 10.2 Å². The van der Waals surface area contributed by atoms with Crippen molar-refractivity contribution in [3.05, 3.63) is 24.3 Å². The van der Waals surface area contributed by atoms with Gasteiger partial charge in [0.2, 0.25) is 0 Å². The van der Waals surface area contributed by atoms with Crippen molar-refractivity contribution in [1.29, 1.82) is 0 Å². The van der Waals surface area contributed by atoms with Crippen molar-refractivity contribution in [2.45, 2.75) is 58.8 Å². The Labute approximate surface area is 155 Å². The maximum absolute atomic E-state index is 12.9. The minimum atomic E-state index is -0.964. The normalized spacial score (nSPS) is 13.0. The molecular weight excluding hydrogens is 336 g/mol. The fourth-order valence-electron chi connectivity index (χ4n) is 2.06. The predicted octanol–water partition coefficient (Wildman–Crippen LogP) is 3.06. The molecule has 0 heterocycles. The molecule has 1 aromatic rings. The number of rotatable bonds is 5. The molecule has 0 saturated carbocycles. The Balaban J connectivity index is 2.97. The van der Waals surface area contributed by atoms with E-state index in [1.165, 1.54) is 18.0 Å². The second kappa shape index (κ2) is 8.40. The number of phenolic OH excluding ortho intramolecular Hbond substituents is 1. The van der Waals surface area contributed by atoms with Crippen molar-refractivity contribution in [2.24, 2.45) is 0 Å². The van der Waals surface area contributed by atoms with Crippen LogP contribution in [0.1, 0.15) is 41.5 Å². The zero-order chi connectivity index (χ0) is 20.1. The number of hydrogen-bond donors (Lipinski definition) is 2. The summed E-state index contributed by atoms with van der Waals surface area (Å²) in [5.41, 5.74) is -0.836. The smallest absolute Gasteiger partial charge is 0.408 e. The maximum atomic E-state index is 12.9. The zero-order valence-corrected chi connectivity index (χ0v) is 16.6. The first-order valence-corrected chi connectivity index (χ1v) is 8.49. The molecule has 7 heteroatoms. The van der Waals surface area contributed by atoms with E-state index in [-0.39, 0.29) is 12.4 Å². The molecule has 1 rings (SSSR count). The topological polar surface area (TPSA) is 88.1 Å². The number of amides is 2. The van der Waals surface area contributed by atoms with Crippen LogP contribution in [0.15, 0.2) is 24.3 Å². The fourth-order valence-corrected chi connectivity index (χ4v) is 2.06. The van der Waals surface area contributed by atoms with Gasteiger partial charge < -0.3 is 24.8 Å². The summed E-state index contributed by atoms with van der Waals surface area (Å²) in [7, 11) is 1.53. The Kier molecular flexibility index (Phi) is 7.03. The number of benzene rings is 1. The van der Waals surface area contributed by atoms with Crippen molar-refractivity contribution < 1.29 is 24.2 Å². The minimum Gasteiger partial charge on any atom is -0.506 e. The van der Waals surface area contributed by atoms with Crippen LogP contribution in [0.25, 0.3) is 0 Å². The maximum Gasteiger partial charge on any atom is 0.408 e. The van der Waals surface area contributed by atoms with Gasteiger partial charge >= 0.3 is 6.09 Å². The molecule has 2 N–H and O–H groups in total. The lowest BCUT2D eigenvalue weighted by Crippen LogP contribution is -2.52. The van der Waals surface area contributed by atoms with E-state index in [1.54, 1.807) is 39.0 Å². The highest BCUT2D eigenvalue weighted by Gasteiger charge is 2.29. The predicted molar refractivity (Wildman–Crippen MR) is 100 cm³/mol. The number of para-hydroxylation sites is 2. The highest BCUT2D eigenvalue weighted by molar-refractivity contribution is 5.99. The summed E-state index contributed by atoms with van der Waals surface area (Å²) in [5.74, 6) is -0.460. The summed E-state index contributed by atoms with van der Waals surface area (Å²) in [6.07, 6.45) is -0.709. The average molecular weight is 366 g/mol. The zero-order valence-electron chi connectivity index (χ0n) is 16.6. The van der Waals surface area contributed by atoms with E-state index in [1.807, 2.05) is 20.8 Å². The fraction of sp³-hybridized carbons (Fsp3) is 0.579. The third-order valence-electron chi connectivity index (χ3n) is 3.25. The number of ether oxygens (including phenoxy) is 2. The molecule has 0 bridgehead atoms. The highest BCUT2D eigenvalue weighted by atomic mass is 16.6.